The van der Waals surface area contributed by atoms with E-state index in [1.54, 1.807) is 6.92 Å². The fourth-order valence-corrected chi connectivity index (χ4v) is 3.57. The average Bonchev–Trinajstić information content (AvgIpc) is 2.26. The van der Waals surface area contributed by atoms with Gasteiger partial charge in [-0.25, -0.2) is 8.42 Å². The molecule has 1 rings (SSSR count). The second kappa shape index (κ2) is 5.60. The molecule has 1 aliphatic rings. The number of nitrogens with zero attached hydrogens (tertiary/aromatic N) is 1. The van der Waals surface area contributed by atoms with Gasteiger partial charge in [0.2, 0.25) is 15.9 Å². The Bertz CT molecular complexity index is 342. The van der Waals surface area contributed by atoms with Crippen LogP contribution in [-0.4, -0.2) is 50.1 Å². The van der Waals surface area contributed by atoms with Crippen LogP contribution in [-0.2, 0) is 14.8 Å². The Morgan fingerprint density at radius 1 is 1.56 bits per heavy atom. The van der Waals surface area contributed by atoms with Gasteiger partial charge in [0.25, 0.3) is 0 Å². The normalized spacial score (nSPS) is 23.1. The third-order valence-electron chi connectivity index (χ3n) is 2.63. The van der Waals surface area contributed by atoms with Crippen molar-refractivity contribution in [2.24, 2.45) is 5.73 Å². The zero-order valence-corrected chi connectivity index (χ0v) is 10.3. The van der Waals surface area contributed by atoms with Crippen LogP contribution in [0.5, 0.6) is 0 Å². The van der Waals surface area contributed by atoms with E-state index < -0.39 is 16.1 Å². The average molecular weight is 249 g/mol. The van der Waals surface area contributed by atoms with Gasteiger partial charge in [-0.15, -0.1) is 0 Å². The van der Waals surface area contributed by atoms with Gasteiger partial charge < -0.3 is 11.1 Å². The van der Waals surface area contributed by atoms with Gasteiger partial charge in [0.1, 0.15) is 6.04 Å². The maximum absolute atomic E-state index is 11.9. The SMILES string of the molecule is CCC1C(=O)NCCN1S(=O)(=O)CCCN. The minimum Gasteiger partial charge on any atom is -0.353 e. The molecule has 0 bridgehead atoms. The molecule has 0 aliphatic carbocycles. The van der Waals surface area contributed by atoms with Gasteiger partial charge in [0.15, 0.2) is 0 Å². The van der Waals surface area contributed by atoms with E-state index in [-0.39, 0.29) is 11.7 Å². The Morgan fingerprint density at radius 3 is 2.81 bits per heavy atom. The van der Waals surface area contributed by atoms with Crippen molar-refractivity contribution < 1.29 is 13.2 Å². The summed E-state index contributed by atoms with van der Waals surface area (Å²) in [6.07, 6.45) is 0.921. The molecular formula is C9H19N3O3S. The number of amides is 1. The van der Waals surface area contributed by atoms with Crippen molar-refractivity contribution in [3.63, 3.8) is 0 Å². The van der Waals surface area contributed by atoms with Crippen molar-refractivity contribution in [2.45, 2.75) is 25.8 Å². The highest BCUT2D eigenvalue weighted by atomic mass is 32.2. The topological polar surface area (TPSA) is 92.5 Å². The molecule has 0 spiro atoms. The van der Waals surface area contributed by atoms with Crippen molar-refractivity contribution in [1.82, 2.24) is 9.62 Å². The number of hydrogen-bond acceptors (Lipinski definition) is 4. The largest absolute Gasteiger partial charge is 0.353 e. The predicted octanol–water partition coefficient (Wildman–Crippen LogP) is -1.12. The van der Waals surface area contributed by atoms with Gasteiger partial charge in [-0.3, -0.25) is 4.79 Å². The lowest BCUT2D eigenvalue weighted by molar-refractivity contribution is -0.126. The first-order valence-electron chi connectivity index (χ1n) is 5.50. The summed E-state index contributed by atoms with van der Waals surface area (Å²) in [5.41, 5.74) is 5.30. The van der Waals surface area contributed by atoms with E-state index in [4.69, 9.17) is 5.73 Å². The fraction of sp³-hybridized carbons (Fsp3) is 0.889. The van der Waals surface area contributed by atoms with Crippen LogP contribution < -0.4 is 11.1 Å². The number of piperazine rings is 1. The van der Waals surface area contributed by atoms with Crippen LogP contribution in [0.2, 0.25) is 0 Å². The minimum absolute atomic E-state index is 0.0211. The van der Waals surface area contributed by atoms with Gasteiger partial charge in [0, 0.05) is 13.1 Å². The van der Waals surface area contributed by atoms with E-state index in [0.29, 0.717) is 32.5 Å². The summed E-state index contributed by atoms with van der Waals surface area (Å²) in [5, 5.41) is 2.67. The Morgan fingerprint density at radius 2 is 2.25 bits per heavy atom. The van der Waals surface area contributed by atoms with Crippen LogP contribution >= 0.6 is 0 Å². The molecule has 1 atom stereocenters. The van der Waals surface area contributed by atoms with Crippen molar-refractivity contribution in [3.05, 3.63) is 0 Å². The number of nitrogens with one attached hydrogen (secondary N) is 1. The number of sulfonamides is 1. The van der Waals surface area contributed by atoms with Gasteiger partial charge in [-0.2, -0.15) is 4.31 Å². The second-order valence-electron chi connectivity index (χ2n) is 3.78. The molecule has 1 aliphatic heterocycles. The molecule has 0 aromatic heterocycles. The highest BCUT2D eigenvalue weighted by molar-refractivity contribution is 7.89. The van der Waals surface area contributed by atoms with Crippen LogP contribution in [0.3, 0.4) is 0 Å². The summed E-state index contributed by atoms with van der Waals surface area (Å²) in [7, 11) is -3.35. The van der Waals surface area contributed by atoms with E-state index >= 15 is 0 Å². The number of rotatable bonds is 5. The number of carbonyl (C=O) groups excluding carboxylic acids is 1. The molecular weight excluding hydrogens is 230 g/mol. The Labute approximate surface area is 96.2 Å². The van der Waals surface area contributed by atoms with Crippen molar-refractivity contribution in [1.29, 1.82) is 0 Å². The molecule has 0 aromatic rings. The summed E-state index contributed by atoms with van der Waals surface area (Å²) in [5.74, 6) is -0.183. The summed E-state index contributed by atoms with van der Waals surface area (Å²) in [4.78, 5) is 11.5. The smallest absolute Gasteiger partial charge is 0.238 e. The van der Waals surface area contributed by atoms with Gasteiger partial charge in [-0.1, -0.05) is 6.92 Å². The van der Waals surface area contributed by atoms with Crippen LogP contribution in [0.4, 0.5) is 0 Å². The van der Waals surface area contributed by atoms with E-state index in [2.05, 4.69) is 5.32 Å². The second-order valence-corrected chi connectivity index (χ2v) is 5.83. The van der Waals surface area contributed by atoms with Crippen LogP contribution in [0.25, 0.3) is 0 Å². The molecule has 94 valence electrons. The van der Waals surface area contributed by atoms with Gasteiger partial charge >= 0.3 is 0 Å². The lowest BCUT2D eigenvalue weighted by Gasteiger charge is -2.33. The first-order valence-corrected chi connectivity index (χ1v) is 7.11. The van der Waals surface area contributed by atoms with Gasteiger partial charge in [-0.05, 0) is 19.4 Å². The quantitative estimate of drug-likeness (QED) is 0.645. The van der Waals surface area contributed by atoms with Crippen molar-refractivity contribution in [2.75, 3.05) is 25.4 Å². The molecule has 1 saturated heterocycles. The molecule has 3 N–H and O–H groups in total. The highest BCUT2D eigenvalue weighted by Gasteiger charge is 2.35. The molecule has 1 amide bonds. The zero-order chi connectivity index (χ0) is 12.2. The van der Waals surface area contributed by atoms with Crippen LogP contribution in [0.15, 0.2) is 0 Å². The first-order chi connectivity index (χ1) is 7.53. The maximum atomic E-state index is 11.9. The van der Waals surface area contributed by atoms with Crippen LogP contribution in [0.1, 0.15) is 19.8 Å². The summed E-state index contributed by atoms with van der Waals surface area (Å²) in [6, 6.07) is -0.559. The van der Waals surface area contributed by atoms with Gasteiger partial charge in [0.05, 0.1) is 5.75 Å². The van der Waals surface area contributed by atoms with E-state index in [1.807, 2.05) is 0 Å². The Balaban J connectivity index is 2.79. The number of carbonyl (C=O) groups is 1. The molecule has 6 nitrogen and oxygen atoms in total. The van der Waals surface area contributed by atoms with E-state index in [9.17, 15) is 13.2 Å². The Kier molecular flexibility index (Phi) is 4.69. The molecule has 0 saturated carbocycles. The summed E-state index contributed by atoms with van der Waals surface area (Å²) < 4.78 is 25.2. The standard InChI is InChI=1S/C9H19N3O3S/c1-2-8-9(13)11-5-6-12(8)16(14,15)7-3-4-10/h8H,2-7,10H2,1H3,(H,11,13). The molecule has 0 aromatic carbocycles. The first kappa shape index (κ1) is 13.4. The monoisotopic (exact) mass is 249 g/mol. The van der Waals surface area contributed by atoms with Crippen molar-refractivity contribution in [3.8, 4) is 0 Å². The summed E-state index contributed by atoms with van der Waals surface area (Å²) in [6.45, 7) is 2.89. The minimum atomic E-state index is -3.35. The fourth-order valence-electron chi connectivity index (χ4n) is 1.80. The summed E-state index contributed by atoms with van der Waals surface area (Å²) >= 11 is 0. The van der Waals surface area contributed by atoms with E-state index in [1.165, 1.54) is 4.31 Å². The number of nitrogens with two attached hydrogens (primary N) is 1. The third-order valence-corrected chi connectivity index (χ3v) is 4.59. The number of hydrogen-bond donors (Lipinski definition) is 2. The Hall–Kier alpha value is -0.660. The molecule has 1 heterocycles. The zero-order valence-electron chi connectivity index (χ0n) is 9.48. The molecule has 1 unspecified atom stereocenters. The molecule has 1 fully saturated rings. The molecule has 7 heteroatoms. The highest BCUT2D eigenvalue weighted by Crippen LogP contribution is 2.14. The third kappa shape index (κ3) is 2.93. The molecule has 16 heavy (non-hydrogen) atoms. The predicted molar refractivity (Wildman–Crippen MR) is 61.3 cm³/mol. The lowest BCUT2D eigenvalue weighted by atomic mass is 10.2. The molecule has 0 radical (unpaired) electrons. The maximum Gasteiger partial charge on any atom is 0.238 e. The van der Waals surface area contributed by atoms with E-state index in [0.717, 1.165) is 0 Å². The van der Waals surface area contributed by atoms with Crippen molar-refractivity contribution >= 4 is 15.9 Å². The van der Waals surface area contributed by atoms with Crippen LogP contribution in [0, 0.1) is 0 Å². The lowest BCUT2D eigenvalue weighted by Crippen LogP contribution is -2.57.